The molecule has 4 heterocycles. The summed E-state index contributed by atoms with van der Waals surface area (Å²) in [5.74, 6) is -0.0184. The van der Waals surface area contributed by atoms with E-state index < -0.39 is 18.2 Å². The van der Waals surface area contributed by atoms with Gasteiger partial charge in [0.2, 0.25) is 0 Å². The average molecular weight is 561 g/mol. The second-order valence-corrected chi connectivity index (χ2v) is 11.1. The first-order valence-corrected chi connectivity index (χ1v) is 12.8. The summed E-state index contributed by atoms with van der Waals surface area (Å²) in [7, 11) is 0. The molecule has 2 aromatic heterocycles. The van der Waals surface area contributed by atoms with Crippen molar-refractivity contribution in [3.63, 3.8) is 0 Å². The Kier molecular flexibility index (Phi) is 6.23. The van der Waals surface area contributed by atoms with Gasteiger partial charge in [0.1, 0.15) is 10.8 Å². The van der Waals surface area contributed by atoms with E-state index in [0.717, 1.165) is 21.0 Å². The zero-order valence-electron chi connectivity index (χ0n) is 18.1. The number of nitrogens with one attached hydrogen (secondary N) is 1. The number of oxime groups is 1. The Balaban J connectivity index is 1.32. The summed E-state index contributed by atoms with van der Waals surface area (Å²) in [6.07, 6.45) is -3.59. The van der Waals surface area contributed by atoms with Crippen molar-refractivity contribution < 1.29 is 22.8 Å². The number of alkyl halides is 3. The van der Waals surface area contributed by atoms with E-state index in [4.69, 9.17) is 28.0 Å². The number of amides is 1. The molecule has 0 saturated carbocycles. The quantitative estimate of drug-likeness (QED) is 0.409. The lowest BCUT2D eigenvalue weighted by molar-refractivity contribution is -0.275. The highest BCUT2D eigenvalue weighted by Gasteiger charge is 2.63. The van der Waals surface area contributed by atoms with Gasteiger partial charge in [0.05, 0.1) is 24.4 Å². The maximum Gasteiger partial charge on any atom is 0.435 e. The molecule has 1 atom stereocenters. The van der Waals surface area contributed by atoms with Crippen LogP contribution in [0, 0.1) is 6.92 Å². The molecule has 0 fully saturated rings. The van der Waals surface area contributed by atoms with E-state index >= 15 is 0 Å². The number of thiophene rings is 1. The van der Waals surface area contributed by atoms with Crippen LogP contribution in [0.15, 0.2) is 34.9 Å². The topological polar surface area (TPSA) is 66.8 Å². The summed E-state index contributed by atoms with van der Waals surface area (Å²) in [6.45, 7) is 2.86. The molecule has 0 radical (unpaired) electrons. The van der Waals surface area contributed by atoms with Gasteiger partial charge < -0.3 is 15.1 Å². The lowest BCUT2D eigenvalue weighted by Crippen LogP contribution is -2.43. The molecule has 6 nitrogen and oxygen atoms in total. The van der Waals surface area contributed by atoms with E-state index in [9.17, 15) is 18.0 Å². The number of amidine groups is 1. The fraction of sp³-hybridized carbons (Fsp3) is 0.318. The Bertz CT molecular complexity index is 1310. The third-order valence-electron chi connectivity index (χ3n) is 5.99. The van der Waals surface area contributed by atoms with E-state index in [-0.39, 0.29) is 27.4 Å². The summed E-state index contributed by atoms with van der Waals surface area (Å²) in [5.41, 5.74) is -1.15. The van der Waals surface area contributed by atoms with Crippen molar-refractivity contribution in [3.05, 3.63) is 71.3 Å². The van der Waals surface area contributed by atoms with Crippen LogP contribution in [-0.4, -0.2) is 27.8 Å². The highest BCUT2D eigenvalue weighted by Crippen LogP contribution is 2.50. The zero-order chi connectivity index (χ0) is 25.0. The van der Waals surface area contributed by atoms with Gasteiger partial charge in [-0.1, -0.05) is 28.4 Å². The molecule has 2 aliphatic rings. The van der Waals surface area contributed by atoms with Crippen LogP contribution in [0.25, 0.3) is 0 Å². The first-order chi connectivity index (χ1) is 16.6. The Labute approximate surface area is 216 Å². The number of hydrogen-bond acceptors (Lipinski definition) is 7. The van der Waals surface area contributed by atoms with E-state index in [1.807, 2.05) is 12.3 Å². The van der Waals surface area contributed by atoms with Crippen LogP contribution < -0.4 is 5.32 Å². The molecule has 5 rings (SSSR count). The van der Waals surface area contributed by atoms with Crippen molar-refractivity contribution in [2.75, 3.05) is 0 Å². The molecule has 1 unspecified atom stereocenters. The molecule has 2 aliphatic heterocycles. The van der Waals surface area contributed by atoms with E-state index in [1.165, 1.54) is 40.9 Å². The molecule has 1 N–H and O–H groups in total. The number of rotatable bonds is 4. The average Bonchev–Trinajstić information content (AvgIpc) is 3.56. The second kappa shape index (κ2) is 8.95. The Morgan fingerprint density at radius 1 is 1.26 bits per heavy atom. The summed E-state index contributed by atoms with van der Waals surface area (Å²) >= 11 is 14.7. The molecular weight excluding hydrogens is 544 g/mol. The van der Waals surface area contributed by atoms with Crippen LogP contribution in [0.2, 0.25) is 10.0 Å². The van der Waals surface area contributed by atoms with Crippen molar-refractivity contribution in [1.29, 1.82) is 0 Å². The molecule has 0 spiro atoms. The molecule has 3 aromatic rings. The summed E-state index contributed by atoms with van der Waals surface area (Å²) in [4.78, 5) is 25.2. The first-order valence-electron chi connectivity index (χ1n) is 10.4. The number of carbonyl (C=O) groups is 1. The molecule has 0 bridgehead atoms. The minimum absolute atomic E-state index is 0.0767. The molecule has 1 aromatic carbocycles. The molecule has 0 aliphatic carbocycles. The Hall–Kier alpha value is -2.34. The number of carbonyl (C=O) groups excluding carboxylic acids is 1. The van der Waals surface area contributed by atoms with E-state index in [2.05, 4.69) is 15.5 Å². The maximum absolute atomic E-state index is 14.3. The monoisotopic (exact) mass is 560 g/mol. The SMILES string of the molecule is Cc1c(C(=O)NCc2nccs2)sc2c1CN(C1=NOC(c3cc(Cl)cc(Cl)c3)(C(F)(F)F)C1)C2. The summed E-state index contributed by atoms with van der Waals surface area (Å²) in [6, 6.07) is 3.75. The van der Waals surface area contributed by atoms with Crippen molar-refractivity contribution in [2.45, 2.75) is 44.8 Å². The third-order valence-corrected chi connectivity index (χ3v) is 8.53. The highest BCUT2D eigenvalue weighted by atomic mass is 35.5. The molecule has 0 saturated heterocycles. The highest BCUT2D eigenvalue weighted by molar-refractivity contribution is 7.14. The Morgan fingerprint density at radius 3 is 2.63 bits per heavy atom. The lowest BCUT2D eigenvalue weighted by Gasteiger charge is -2.30. The minimum Gasteiger partial charge on any atom is -0.372 e. The standard InChI is InChI=1S/C22H17Cl2F3N4O2S2/c1-11-15-9-31(10-16(15)35-19(11)20(32)29-8-18-28-2-3-34-18)17-7-21(33-30-17,22(25,26)27)12-4-13(23)6-14(24)5-12/h2-6H,7-10H2,1H3,(H,29,32). The largest absolute Gasteiger partial charge is 0.435 e. The number of aromatic nitrogens is 1. The van der Waals surface area contributed by atoms with Gasteiger partial charge in [0.25, 0.3) is 11.5 Å². The van der Waals surface area contributed by atoms with Crippen LogP contribution in [0.3, 0.4) is 0 Å². The number of fused-ring (bicyclic) bond motifs is 1. The van der Waals surface area contributed by atoms with Gasteiger partial charge in [-0.3, -0.25) is 4.79 Å². The van der Waals surface area contributed by atoms with Crippen molar-refractivity contribution in [1.82, 2.24) is 15.2 Å². The zero-order valence-corrected chi connectivity index (χ0v) is 21.2. The Morgan fingerprint density at radius 2 is 2.00 bits per heavy atom. The number of nitrogens with zero attached hydrogens (tertiary/aromatic N) is 3. The van der Waals surface area contributed by atoms with Gasteiger partial charge in [0, 0.05) is 38.6 Å². The number of halogens is 5. The van der Waals surface area contributed by atoms with Crippen LogP contribution in [0.1, 0.15) is 42.7 Å². The van der Waals surface area contributed by atoms with Crippen LogP contribution >= 0.6 is 45.9 Å². The van der Waals surface area contributed by atoms with Crippen molar-refractivity contribution >= 4 is 57.6 Å². The van der Waals surface area contributed by atoms with Crippen LogP contribution in [-0.2, 0) is 30.1 Å². The van der Waals surface area contributed by atoms with Crippen molar-refractivity contribution in [2.24, 2.45) is 5.16 Å². The van der Waals surface area contributed by atoms with E-state index in [0.29, 0.717) is 24.5 Å². The van der Waals surface area contributed by atoms with Gasteiger partial charge in [-0.15, -0.1) is 22.7 Å². The minimum atomic E-state index is -4.75. The van der Waals surface area contributed by atoms with Crippen LogP contribution in [0.5, 0.6) is 0 Å². The lowest BCUT2D eigenvalue weighted by atomic mass is 9.89. The number of thiazole rings is 1. The maximum atomic E-state index is 14.3. The molecule has 184 valence electrons. The van der Waals surface area contributed by atoms with Gasteiger partial charge in [-0.2, -0.15) is 13.2 Å². The molecule has 35 heavy (non-hydrogen) atoms. The summed E-state index contributed by atoms with van der Waals surface area (Å²) < 4.78 is 42.8. The predicted octanol–water partition coefficient (Wildman–Crippen LogP) is 6.26. The molecule has 13 heteroatoms. The second-order valence-electron chi connectivity index (χ2n) is 8.18. The van der Waals surface area contributed by atoms with Crippen molar-refractivity contribution in [3.8, 4) is 0 Å². The van der Waals surface area contributed by atoms with Crippen LogP contribution in [0.4, 0.5) is 13.2 Å². The van der Waals surface area contributed by atoms with Gasteiger partial charge in [0.15, 0.2) is 0 Å². The third kappa shape index (κ3) is 4.39. The number of hydrogen-bond donors (Lipinski definition) is 1. The van der Waals surface area contributed by atoms with Gasteiger partial charge in [-0.25, -0.2) is 4.98 Å². The molecule has 1 amide bonds. The van der Waals surface area contributed by atoms with Gasteiger partial charge in [-0.05, 0) is 36.2 Å². The summed E-state index contributed by atoms with van der Waals surface area (Å²) in [5, 5.41) is 9.50. The molecular formula is C22H17Cl2F3N4O2S2. The fourth-order valence-corrected chi connectivity index (χ4v) is 6.51. The van der Waals surface area contributed by atoms with E-state index in [1.54, 1.807) is 11.1 Å². The number of benzene rings is 1. The first kappa shape index (κ1) is 24.4. The smallest absolute Gasteiger partial charge is 0.372 e. The predicted molar refractivity (Wildman–Crippen MR) is 129 cm³/mol. The van der Waals surface area contributed by atoms with Gasteiger partial charge >= 0.3 is 6.18 Å². The fourth-order valence-electron chi connectivity index (χ4n) is 4.18. The normalized spacial score (nSPS) is 19.5.